The monoisotopic (exact) mass is 578 g/mol. The first kappa shape index (κ1) is 26.9. The number of allylic oxidation sites excluding steroid dienone is 1. The minimum absolute atomic E-state index is 0.203. The van der Waals surface area contributed by atoms with Crippen molar-refractivity contribution in [3.63, 3.8) is 0 Å². The Morgan fingerprint density at radius 3 is 2.46 bits per heavy atom. The molecule has 2 heterocycles. The largest absolute Gasteiger partial charge is 0.489 e. The molecule has 6 nitrogen and oxygen atoms in total. The molecule has 0 aliphatic carbocycles. The van der Waals surface area contributed by atoms with Gasteiger partial charge < -0.3 is 9.47 Å². The molecule has 9 heteroatoms. The number of hydrogen-bond donors (Lipinski definition) is 0. The fourth-order valence-electron chi connectivity index (χ4n) is 4.34. The lowest BCUT2D eigenvalue weighted by molar-refractivity contribution is -0.139. The predicted octanol–water partition coefficient (Wildman–Crippen LogP) is 5.68. The highest BCUT2D eigenvalue weighted by Crippen LogP contribution is 2.34. The third kappa shape index (κ3) is 5.71. The van der Waals surface area contributed by atoms with E-state index < -0.39 is 12.0 Å². The van der Waals surface area contributed by atoms with Crippen molar-refractivity contribution in [2.75, 3.05) is 6.61 Å². The average Bonchev–Trinajstić information content (AvgIpc) is 3.23. The Labute approximate surface area is 239 Å². The van der Waals surface area contributed by atoms with E-state index in [-0.39, 0.29) is 12.2 Å². The molecular weight excluding hydrogens is 555 g/mol. The number of carbonyl (C=O) groups excluding carboxylic acids is 1. The number of rotatable bonds is 7. The third-order valence-electron chi connectivity index (χ3n) is 6.21. The standard InChI is InChI=1S/C30H24Cl2N2O4S/c1-3-37-29(36)26-18(2)33-30-34(27(26)23-6-4-5-7-24(23)32)28(35)25(39-30)16-19-10-14-22(15-11-19)38-17-20-8-12-21(31)13-9-20/h4-16,27H,3,17H2,1-2H3/b25-16-/t27-/m0/s1. The Bertz CT molecular complexity index is 1740. The Morgan fingerprint density at radius 1 is 1.05 bits per heavy atom. The number of carbonyl (C=O) groups is 1. The van der Waals surface area contributed by atoms with Crippen LogP contribution >= 0.6 is 34.5 Å². The minimum Gasteiger partial charge on any atom is -0.489 e. The third-order valence-corrected chi connectivity index (χ3v) is 7.79. The van der Waals surface area contributed by atoms with E-state index >= 15 is 0 Å². The zero-order valence-electron chi connectivity index (χ0n) is 21.2. The van der Waals surface area contributed by atoms with Gasteiger partial charge in [-0.25, -0.2) is 9.79 Å². The van der Waals surface area contributed by atoms with Crippen LogP contribution in [0.3, 0.4) is 0 Å². The lowest BCUT2D eigenvalue weighted by atomic mass is 9.96. The first-order valence-corrected chi connectivity index (χ1v) is 13.8. The van der Waals surface area contributed by atoms with Crippen molar-refractivity contribution in [2.24, 2.45) is 4.99 Å². The molecule has 0 radical (unpaired) electrons. The van der Waals surface area contributed by atoms with Crippen LogP contribution in [0.2, 0.25) is 10.0 Å². The molecule has 0 amide bonds. The van der Waals surface area contributed by atoms with Crippen LogP contribution in [-0.4, -0.2) is 17.1 Å². The summed E-state index contributed by atoms with van der Waals surface area (Å²) in [5.41, 5.74) is 3.00. The van der Waals surface area contributed by atoms with E-state index in [0.29, 0.717) is 48.6 Å². The van der Waals surface area contributed by atoms with Crippen LogP contribution in [0.25, 0.3) is 6.08 Å². The van der Waals surface area contributed by atoms with Crippen LogP contribution in [0.4, 0.5) is 0 Å². The summed E-state index contributed by atoms with van der Waals surface area (Å²) in [5, 5.41) is 1.13. The van der Waals surface area contributed by atoms with Gasteiger partial charge in [-0.05, 0) is 66.9 Å². The molecule has 0 unspecified atom stereocenters. The average molecular weight is 580 g/mol. The Kier molecular flexibility index (Phi) is 8.02. The number of halogens is 2. The van der Waals surface area contributed by atoms with Crippen LogP contribution in [0.5, 0.6) is 5.75 Å². The van der Waals surface area contributed by atoms with Gasteiger partial charge in [0.15, 0.2) is 4.80 Å². The summed E-state index contributed by atoms with van der Waals surface area (Å²) < 4.78 is 13.2. The highest BCUT2D eigenvalue weighted by molar-refractivity contribution is 7.07. The summed E-state index contributed by atoms with van der Waals surface area (Å²) in [6, 6.07) is 21.4. The predicted molar refractivity (Wildman–Crippen MR) is 154 cm³/mol. The van der Waals surface area contributed by atoms with Crippen LogP contribution < -0.4 is 19.6 Å². The molecule has 0 saturated heterocycles. The molecule has 1 aliphatic heterocycles. The van der Waals surface area contributed by atoms with Crippen molar-refractivity contribution >= 4 is 46.6 Å². The zero-order valence-corrected chi connectivity index (χ0v) is 23.5. The molecule has 1 aromatic heterocycles. The second kappa shape index (κ2) is 11.6. The van der Waals surface area contributed by atoms with Gasteiger partial charge in [-0.3, -0.25) is 9.36 Å². The van der Waals surface area contributed by atoms with E-state index in [9.17, 15) is 9.59 Å². The summed E-state index contributed by atoms with van der Waals surface area (Å²) in [6.07, 6.45) is 1.81. The molecule has 0 saturated carbocycles. The number of ether oxygens (including phenoxy) is 2. The van der Waals surface area contributed by atoms with Gasteiger partial charge in [0.05, 0.1) is 22.4 Å². The normalized spacial score (nSPS) is 15.1. The first-order chi connectivity index (χ1) is 18.9. The second-order valence-corrected chi connectivity index (χ2v) is 10.7. The maximum Gasteiger partial charge on any atom is 0.338 e. The van der Waals surface area contributed by atoms with Gasteiger partial charge in [-0.1, -0.05) is 77.0 Å². The van der Waals surface area contributed by atoms with Gasteiger partial charge in [0.2, 0.25) is 0 Å². The van der Waals surface area contributed by atoms with E-state index in [1.165, 1.54) is 15.9 Å². The van der Waals surface area contributed by atoms with Crippen molar-refractivity contribution in [3.05, 3.63) is 130 Å². The van der Waals surface area contributed by atoms with E-state index in [2.05, 4.69) is 4.99 Å². The van der Waals surface area contributed by atoms with E-state index in [1.54, 1.807) is 32.1 Å². The van der Waals surface area contributed by atoms with Crippen molar-refractivity contribution in [2.45, 2.75) is 26.5 Å². The number of fused-ring (bicyclic) bond motifs is 1. The smallest absolute Gasteiger partial charge is 0.338 e. The van der Waals surface area contributed by atoms with Gasteiger partial charge in [-0.2, -0.15) is 0 Å². The van der Waals surface area contributed by atoms with Crippen LogP contribution in [0, 0.1) is 0 Å². The fourth-order valence-corrected chi connectivity index (χ4v) is 5.75. The van der Waals surface area contributed by atoms with Crippen LogP contribution in [0.1, 0.15) is 36.6 Å². The van der Waals surface area contributed by atoms with Crippen molar-refractivity contribution in [3.8, 4) is 5.75 Å². The molecule has 0 bridgehead atoms. The Morgan fingerprint density at radius 2 is 1.77 bits per heavy atom. The van der Waals surface area contributed by atoms with Gasteiger partial charge in [0, 0.05) is 10.0 Å². The molecule has 0 spiro atoms. The summed E-state index contributed by atoms with van der Waals surface area (Å²) in [6.45, 7) is 4.10. The molecule has 5 rings (SSSR count). The number of esters is 1. The molecule has 39 heavy (non-hydrogen) atoms. The van der Waals surface area contributed by atoms with Gasteiger partial charge in [0.25, 0.3) is 5.56 Å². The molecule has 0 N–H and O–H groups in total. The fraction of sp³-hybridized carbons (Fsp3) is 0.167. The summed E-state index contributed by atoms with van der Waals surface area (Å²) in [5.74, 6) is 0.184. The molecule has 1 atom stereocenters. The Balaban J connectivity index is 1.50. The maximum atomic E-state index is 13.7. The number of thiazole rings is 1. The van der Waals surface area contributed by atoms with Gasteiger partial charge >= 0.3 is 5.97 Å². The van der Waals surface area contributed by atoms with Crippen molar-refractivity contribution < 1.29 is 14.3 Å². The topological polar surface area (TPSA) is 69.9 Å². The van der Waals surface area contributed by atoms with E-state index in [1.807, 2.05) is 60.7 Å². The molecule has 3 aromatic carbocycles. The van der Waals surface area contributed by atoms with Crippen molar-refractivity contribution in [1.29, 1.82) is 0 Å². The van der Waals surface area contributed by atoms with Crippen molar-refractivity contribution in [1.82, 2.24) is 4.57 Å². The minimum atomic E-state index is -0.750. The quantitative estimate of drug-likeness (QED) is 0.264. The number of hydrogen-bond acceptors (Lipinski definition) is 6. The molecule has 198 valence electrons. The molecule has 4 aromatic rings. The summed E-state index contributed by atoms with van der Waals surface area (Å²) >= 11 is 13.8. The maximum absolute atomic E-state index is 13.7. The van der Waals surface area contributed by atoms with E-state index in [4.69, 9.17) is 32.7 Å². The van der Waals surface area contributed by atoms with Gasteiger partial charge in [0.1, 0.15) is 18.4 Å². The number of nitrogens with zero attached hydrogens (tertiary/aromatic N) is 2. The molecule has 0 fully saturated rings. The highest BCUT2D eigenvalue weighted by atomic mass is 35.5. The second-order valence-electron chi connectivity index (χ2n) is 8.81. The van der Waals surface area contributed by atoms with Crippen LogP contribution in [-0.2, 0) is 16.1 Å². The van der Waals surface area contributed by atoms with E-state index in [0.717, 1.165) is 11.1 Å². The molecular formula is C30H24Cl2N2O4S. The Hall–Kier alpha value is -3.65. The molecule has 1 aliphatic rings. The van der Waals surface area contributed by atoms with Gasteiger partial charge in [-0.15, -0.1) is 0 Å². The first-order valence-electron chi connectivity index (χ1n) is 12.3. The zero-order chi connectivity index (χ0) is 27.5. The highest BCUT2D eigenvalue weighted by Gasteiger charge is 2.34. The lowest BCUT2D eigenvalue weighted by Crippen LogP contribution is -2.40. The number of aromatic nitrogens is 1. The van der Waals surface area contributed by atoms with Crippen LogP contribution in [0.15, 0.2) is 93.9 Å². The summed E-state index contributed by atoms with van der Waals surface area (Å²) in [7, 11) is 0. The lowest BCUT2D eigenvalue weighted by Gasteiger charge is -2.25. The number of benzene rings is 3. The SMILES string of the molecule is CCOC(=O)C1=C(C)N=c2s/c(=C\c3ccc(OCc4ccc(Cl)cc4)cc3)c(=O)n2[C@H]1c1ccccc1Cl. The summed E-state index contributed by atoms with van der Waals surface area (Å²) in [4.78, 5) is 31.8.